The molecular formula is C25H28Cl2F5N3O2S. The minimum atomic E-state index is -5.96. The second-order valence-electron chi connectivity index (χ2n) is 9.50. The van der Waals surface area contributed by atoms with Crippen LogP contribution in [0.15, 0.2) is 22.9 Å². The SMILES string of the molecule is Cc1cc(Cl)nc(Cl)c1C(=O)CCC[C@@H](C)N1CCC(N(Cc2ccsc2)C(=O)C(F)(F)C(F)(F)F)CC1. The Balaban J connectivity index is 1.57. The van der Waals surface area contributed by atoms with Crippen molar-refractivity contribution in [3.63, 3.8) is 0 Å². The molecule has 1 saturated heterocycles. The van der Waals surface area contributed by atoms with Crippen LogP contribution >= 0.6 is 34.5 Å². The van der Waals surface area contributed by atoms with Crippen LogP contribution in [0.25, 0.3) is 0 Å². The van der Waals surface area contributed by atoms with Gasteiger partial charge in [0.2, 0.25) is 0 Å². The molecule has 2 aromatic rings. The lowest BCUT2D eigenvalue weighted by molar-refractivity contribution is -0.275. The number of alkyl halides is 5. The minimum absolute atomic E-state index is 0.0429. The van der Waals surface area contributed by atoms with E-state index in [1.807, 2.05) is 6.92 Å². The molecule has 0 saturated carbocycles. The van der Waals surface area contributed by atoms with E-state index < -0.39 is 24.0 Å². The second kappa shape index (κ2) is 12.6. The lowest BCUT2D eigenvalue weighted by Gasteiger charge is -2.41. The fourth-order valence-corrected chi connectivity index (χ4v) is 5.98. The number of hydrogen-bond acceptors (Lipinski definition) is 5. The maximum atomic E-state index is 14.0. The lowest BCUT2D eigenvalue weighted by atomic mass is 9.97. The van der Waals surface area contributed by atoms with E-state index in [-0.39, 0.29) is 47.9 Å². The number of carbonyl (C=O) groups is 2. The molecule has 1 aliphatic rings. The van der Waals surface area contributed by atoms with Gasteiger partial charge in [-0.2, -0.15) is 33.3 Å². The van der Waals surface area contributed by atoms with Gasteiger partial charge in [-0.3, -0.25) is 9.59 Å². The van der Waals surface area contributed by atoms with Crippen LogP contribution < -0.4 is 0 Å². The normalized spacial score (nSPS) is 16.4. The molecule has 0 aromatic carbocycles. The van der Waals surface area contributed by atoms with Crippen LogP contribution in [-0.4, -0.2) is 63.7 Å². The van der Waals surface area contributed by atoms with Gasteiger partial charge in [0.25, 0.3) is 0 Å². The highest BCUT2D eigenvalue weighted by molar-refractivity contribution is 7.07. The fraction of sp³-hybridized carbons (Fsp3) is 0.560. The highest BCUT2D eigenvalue weighted by Gasteiger charge is 2.65. The second-order valence-corrected chi connectivity index (χ2v) is 11.0. The molecule has 1 aliphatic heterocycles. The van der Waals surface area contributed by atoms with Gasteiger partial charge in [-0.25, -0.2) is 4.98 Å². The number of nitrogens with zero attached hydrogens (tertiary/aromatic N) is 3. The summed E-state index contributed by atoms with van der Waals surface area (Å²) in [6.07, 6.45) is -3.96. The number of ketones is 1. The zero-order chi connectivity index (χ0) is 28.3. The molecule has 0 N–H and O–H groups in total. The van der Waals surface area contributed by atoms with E-state index in [4.69, 9.17) is 23.2 Å². The number of Topliss-reactive ketones (excluding diaryl/α,β-unsaturated/α-hetero) is 1. The highest BCUT2D eigenvalue weighted by Crippen LogP contribution is 2.38. The van der Waals surface area contributed by atoms with Crippen molar-refractivity contribution < 1.29 is 31.5 Å². The van der Waals surface area contributed by atoms with Crippen molar-refractivity contribution in [1.29, 1.82) is 0 Å². The largest absolute Gasteiger partial charge is 0.463 e. The van der Waals surface area contributed by atoms with E-state index in [9.17, 15) is 31.5 Å². The molecule has 0 radical (unpaired) electrons. The predicted molar refractivity (Wildman–Crippen MR) is 137 cm³/mol. The summed E-state index contributed by atoms with van der Waals surface area (Å²) < 4.78 is 66.9. The van der Waals surface area contributed by atoms with E-state index in [0.717, 1.165) is 0 Å². The molecule has 13 heteroatoms. The number of rotatable bonds is 10. The zero-order valence-electron chi connectivity index (χ0n) is 20.8. The Bertz CT molecular complexity index is 1100. The smallest absolute Gasteiger partial charge is 0.330 e. The highest BCUT2D eigenvalue weighted by atomic mass is 35.5. The van der Waals surface area contributed by atoms with E-state index in [1.54, 1.807) is 29.8 Å². The standard InChI is InChI=1S/C25H28Cl2F5N3O2S/c1-15-12-20(26)33-22(27)21(15)19(36)5-3-4-16(2)34-9-6-18(7-10-34)35(13-17-8-11-38-14-17)23(37)24(28,29)25(30,31)32/h8,11-12,14,16,18H,3-7,9-10,13H2,1-2H3/t16-/m1/s1. The topological polar surface area (TPSA) is 53.5 Å². The first-order chi connectivity index (χ1) is 17.7. The maximum Gasteiger partial charge on any atom is 0.463 e. The predicted octanol–water partition coefficient (Wildman–Crippen LogP) is 7.19. The van der Waals surface area contributed by atoms with Crippen molar-refractivity contribution in [2.24, 2.45) is 0 Å². The number of aryl methyl sites for hydroxylation is 1. The molecule has 0 aliphatic carbocycles. The van der Waals surface area contributed by atoms with Crippen LogP contribution in [0.3, 0.4) is 0 Å². The number of likely N-dealkylation sites (tertiary alicyclic amines) is 1. The lowest BCUT2D eigenvalue weighted by Crippen LogP contribution is -2.57. The monoisotopic (exact) mass is 599 g/mol. The quantitative estimate of drug-likeness (QED) is 0.165. The van der Waals surface area contributed by atoms with Gasteiger partial charge < -0.3 is 9.80 Å². The zero-order valence-corrected chi connectivity index (χ0v) is 23.2. The summed E-state index contributed by atoms with van der Waals surface area (Å²) in [4.78, 5) is 31.8. The van der Waals surface area contributed by atoms with Gasteiger partial charge in [-0.1, -0.05) is 23.2 Å². The summed E-state index contributed by atoms with van der Waals surface area (Å²) in [6.45, 7) is 4.25. The van der Waals surface area contributed by atoms with E-state index in [2.05, 4.69) is 9.88 Å². The van der Waals surface area contributed by atoms with Crippen LogP contribution in [0.2, 0.25) is 10.3 Å². The Hall–Kier alpha value is -1.82. The third kappa shape index (κ3) is 7.22. The molecule has 210 valence electrons. The summed E-state index contributed by atoms with van der Waals surface area (Å²) in [6, 6.07) is 2.47. The van der Waals surface area contributed by atoms with Gasteiger partial charge >= 0.3 is 18.0 Å². The molecule has 3 heterocycles. The summed E-state index contributed by atoms with van der Waals surface area (Å²) in [5, 5.41) is 3.57. The maximum absolute atomic E-state index is 14.0. The first-order valence-electron chi connectivity index (χ1n) is 12.1. The van der Waals surface area contributed by atoms with Crippen LogP contribution in [-0.2, 0) is 11.3 Å². The Morgan fingerprint density at radius 1 is 1.21 bits per heavy atom. The van der Waals surface area contributed by atoms with E-state index in [1.165, 1.54) is 11.3 Å². The van der Waals surface area contributed by atoms with Crippen molar-refractivity contribution in [3.05, 3.63) is 49.9 Å². The fourth-order valence-electron chi connectivity index (χ4n) is 4.68. The first kappa shape index (κ1) is 30.7. The number of thiophene rings is 1. The van der Waals surface area contributed by atoms with Crippen LogP contribution in [0.5, 0.6) is 0 Å². The first-order valence-corrected chi connectivity index (χ1v) is 13.8. The van der Waals surface area contributed by atoms with Crippen molar-refractivity contribution in [3.8, 4) is 0 Å². The molecule has 0 bridgehead atoms. The van der Waals surface area contributed by atoms with Gasteiger partial charge in [0.15, 0.2) is 5.78 Å². The van der Waals surface area contributed by atoms with E-state index >= 15 is 0 Å². The molecule has 1 atom stereocenters. The Labute approximate surface area is 231 Å². The summed E-state index contributed by atoms with van der Waals surface area (Å²) in [5.41, 5.74) is 1.50. The molecule has 1 amide bonds. The molecule has 0 unspecified atom stereocenters. The van der Waals surface area contributed by atoms with Crippen molar-refractivity contribution >= 4 is 46.2 Å². The molecule has 3 rings (SSSR count). The summed E-state index contributed by atoms with van der Waals surface area (Å²) in [7, 11) is 0. The number of halogens is 7. The third-order valence-electron chi connectivity index (χ3n) is 6.83. The van der Waals surface area contributed by atoms with Gasteiger partial charge in [0.1, 0.15) is 10.3 Å². The minimum Gasteiger partial charge on any atom is -0.330 e. The Morgan fingerprint density at radius 2 is 1.87 bits per heavy atom. The molecule has 1 fully saturated rings. The Kier molecular flexibility index (Phi) is 10.2. The van der Waals surface area contributed by atoms with Crippen LogP contribution in [0.4, 0.5) is 22.0 Å². The number of aromatic nitrogens is 1. The average molecular weight is 600 g/mol. The van der Waals surface area contributed by atoms with Gasteiger partial charge in [0.05, 0.1) is 5.56 Å². The molecule has 5 nitrogen and oxygen atoms in total. The number of hydrogen-bond donors (Lipinski definition) is 0. The van der Waals surface area contributed by atoms with E-state index in [0.29, 0.717) is 47.5 Å². The van der Waals surface area contributed by atoms with Crippen LogP contribution in [0.1, 0.15) is 60.5 Å². The number of carbonyl (C=O) groups excluding carboxylic acids is 2. The average Bonchev–Trinajstić information content (AvgIpc) is 3.34. The molecule has 2 aromatic heterocycles. The molecular weight excluding hydrogens is 572 g/mol. The number of pyridine rings is 1. The summed E-state index contributed by atoms with van der Waals surface area (Å²) in [5.74, 6) is -7.82. The number of piperidine rings is 1. The summed E-state index contributed by atoms with van der Waals surface area (Å²) >= 11 is 13.2. The van der Waals surface area contributed by atoms with Crippen molar-refractivity contribution in [2.75, 3.05) is 13.1 Å². The van der Waals surface area contributed by atoms with Crippen molar-refractivity contribution in [1.82, 2.24) is 14.8 Å². The molecule has 0 spiro atoms. The Morgan fingerprint density at radius 3 is 2.42 bits per heavy atom. The molecule has 38 heavy (non-hydrogen) atoms. The van der Waals surface area contributed by atoms with Crippen molar-refractivity contribution in [2.45, 2.75) is 76.7 Å². The third-order valence-corrected chi connectivity index (χ3v) is 8.03. The van der Waals surface area contributed by atoms with Crippen LogP contribution in [0, 0.1) is 6.92 Å². The van der Waals surface area contributed by atoms with Gasteiger partial charge in [0, 0.05) is 38.1 Å². The number of amides is 1. The van der Waals surface area contributed by atoms with Gasteiger partial charge in [-0.15, -0.1) is 0 Å². The van der Waals surface area contributed by atoms with Gasteiger partial charge in [-0.05, 0) is 73.6 Å².